The van der Waals surface area contributed by atoms with Gasteiger partial charge in [-0.15, -0.1) is 0 Å². The number of hydrogen-bond donors (Lipinski definition) is 4. The first-order valence-corrected chi connectivity index (χ1v) is 12.8. The van der Waals surface area contributed by atoms with Crippen LogP contribution in [0.4, 0.5) is 14.0 Å². The normalized spacial score (nSPS) is 12.5. The number of aromatic nitrogens is 1. The molecule has 1 atom stereocenters. The summed E-state index contributed by atoms with van der Waals surface area (Å²) >= 11 is 0. The summed E-state index contributed by atoms with van der Waals surface area (Å²) in [7, 11) is 0. The van der Waals surface area contributed by atoms with Gasteiger partial charge in [-0.25, -0.2) is 14.0 Å². The van der Waals surface area contributed by atoms with Crippen LogP contribution in [-0.4, -0.2) is 53.4 Å². The Kier molecular flexibility index (Phi) is 9.21. The first kappa shape index (κ1) is 29.5. The van der Waals surface area contributed by atoms with Gasteiger partial charge in [0, 0.05) is 24.0 Å². The molecule has 0 fully saturated rings. The number of amides is 3. The topological polar surface area (TPSA) is 122 Å². The molecule has 0 saturated carbocycles. The zero-order valence-electron chi connectivity index (χ0n) is 23.2. The van der Waals surface area contributed by atoms with E-state index < -0.39 is 29.4 Å². The molecule has 3 aromatic rings. The van der Waals surface area contributed by atoms with Gasteiger partial charge >= 0.3 is 12.2 Å². The van der Waals surface area contributed by atoms with E-state index in [1.54, 1.807) is 59.7 Å². The molecule has 1 heterocycles. The first-order chi connectivity index (χ1) is 18.2. The minimum atomic E-state index is -0.691. The number of ether oxygens (including phenoxy) is 2. The lowest BCUT2D eigenvalue weighted by Gasteiger charge is -2.24. The highest BCUT2D eigenvalue weighted by molar-refractivity contribution is 5.98. The van der Waals surface area contributed by atoms with Gasteiger partial charge in [-0.05, 0) is 83.4 Å². The van der Waals surface area contributed by atoms with Gasteiger partial charge in [-0.3, -0.25) is 4.79 Å². The maximum Gasteiger partial charge on any atom is 0.407 e. The third-order valence-corrected chi connectivity index (χ3v) is 5.44. The summed E-state index contributed by atoms with van der Waals surface area (Å²) in [5.74, 6) is -0.663. The molecule has 0 aliphatic carbocycles. The Bertz CT molecular complexity index is 1310. The van der Waals surface area contributed by atoms with Crippen molar-refractivity contribution in [2.45, 2.75) is 65.2 Å². The molecule has 39 heavy (non-hydrogen) atoms. The summed E-state index contributed by atoms with van der Waals surface area (Å²) in [6, 6.07) is 13.1. The van der Waals surface area contributed by atoms with Crippen LogP contribution in [0.5, 0.6) is 0 Å². The van der Waals surface area contributed by atoms with Crippen molar-refractivity contribution in [1.29, 1.82) is 0 Å². The zero-order chi connectivity index (χ0) is 28.8. The molecule has 0 spiro atoms. The van der Waals surface area contributed by atoms with E-state index in [1.165, 1.54) is 12.1 Å². The Morgan fingerprint density at radius 3 is 2.10 bits per heavy atom. The van der Waals surface area contributed by atoms with E-state index in [4.69, 9.17) is 9.47 Å². The highest BCUT2D eigenvalue weighted by atomic mass is 19.1. The van der Waals surface area contributed by atoms with E-state index in [0.29, 0.717) is 12.1 Å². The number of fused-ring (bicyclic) bond motifs is 1. The van der Waals surface area contributed by atoms with Crippen molar-refractivity contribution >= 4 is 29.0 Å². The van der Waals surface area contributed by atoms with Crippen molar-refractivity contribution in [2.24, 2.45) is 0 Å². The average molecular weight is 541 g/mol. The van der Waals surface area contributed by atoms with Gasteiger partial charge in [0.15, 0.2) is 0 Å². The maximum absolute atomic E-state index is 13.3. The molecule has 10 heteroatoms. The van der Waals surface area contributed by atoms with Crippen LogP contribution in [0.25, 0.3) is 22.0 Å². The van der Waals surface area contributed by atoms with Crippen LogP contribution in [0.15, 0.2) is 48.5 Å². The van der Waals surface area contributed by atoms with E-state index in [1.807, 2.05) is 18.2 Å². The van der Waals surface area contributed by atoms with Crippen LogP contribution in [-0.2, 0) is 9.47 Å². The largest absolute Gasteiger partial charge is 0.444 e. The van der Waals surface area contributed by atoms with Gasteiger partial charge in [0.25, 0.3) is 5.91 Å². The molecule has 0 saturated heterocycles. The maximum atomic E-state index is 13.3. The molecular formula is C29H37FN4O5. The molecule has 9 nitrogen and oxygen atoms in total. The van der Waals surface area contributed by atoms with Crippen molar-refractivity contribution in [2.75, 3.05) is 13.1 Å². The van der Waals surface area contributed by atoms with Gasteiger partial charge < -0.3 is 30.4 Å². The molecule has 210 valence electrons. The highest BCUT2D eigenvalue weighted by Gasteiger charge is 2.22. The fourth-order valence-corrected chi connectivity index (χ4v) is 3.74. The van der Waals surface area contributed by atoms with Gasteiger partial charge in [-0.1, -0.05) is 24.3 Å². The molecule has 4 N–H and O–H groups in total. The summed E-state index contributed by atoms with van der Waals surface area (Å²) in [4.78, 5) is 40.4. The Morgan fingerprint density at radius 2 is 1.46 bits per heavy atom. The zero-order valence-corrected chi connectivity index (χ0v) is 23.2. The van der Waals surface area contributed by atoms with Crippen molar-refractivity contribution in [3.8, 4) is 11.1 Å². The second-order valence-corrected chi connectivity index (χ2v) is 11.3. The first-order valence-electron chi connectivity index (χ1n) is 12.8. The van der Waals surface area contributed by atoms with Crippen LogP contribution in [0.2, 0.25) is 0 Å². The number of halogens is 1. The second-order valence-electron chi connectivity index (χ2n) is 11.3. The van der Waals surface area contributed by atoms with E-state index in [2.05, 4.69) is 20.9 Å². The fraction of sp³-hybridized carbons (Fsp3) is 0.414. The van der Waals surface area contributed by atoms with E-state index in [9.17, 15) is 18.8 Å². The van der Waals surface area contributed by atoms with E-state index >= 15 is 0 Å². The summed E-state index contributed by atoms with van der Waals surface area (Å²) in [5.41, 5.74) is 1.52. The number of carbonyl (C=O) groups excluding carboxylic acids is 3. The van der Waals surface area contributed by atoms with Crippen LogP contribution >= 0.6 is 0 Å². The Hall–Kier alpha value is -4.08. The van der Waals surface area contributed by atoms with Crippen LogP contribution in [0.1, 0.15) is 58.5 Å². The van der Waals surface area contributed by atoms with Gasteiger partial charge in [-0.2, -0.15) is 0 Å². The molecule has 1 aromatic heterocycles. The smallest absolute Gasteiger partial charge is 0.407 e. The number of alkyl carbamates (subject to hydrolysis) is 2. The lowest BCUT2D eigenvalue weighted by molar-refractivity contribution is 0.0496. The summed E-state index contributed by atoms with van der Waals surface area (Å²) in [5, 5.41) is 9.09. The highest BCUT2D eigenvalue weighted by Crippen LogP contribution is 2.25. The molecule has 0 bridgehead atoms. The number of hydrogen-bond acceptors (Lipinski definition) is 5. The second kappa shape index (κ2) is 12.2. The van der Waals surface area contributed by atoms with Crippen molar-refractivity contribution in [1.82, 2.24) is 20.9 Å². The molecule has 3 amide bonds. The predicted molar refractivity (Wildman–Crippen MR) is 148 cm³/mol. The predicted octanol–water partition coefficient (Wildman–Crippen LogP) is 5.51. The summed E-state index contributed by atoms with van der Waals surface area (Å²) < 4.78 is 23.9. The number of rotatable bonds is 8. The standard InChI is InChI=1S/C29H37FN4O5/c1-28(2,3)38-26(36)31-14-13-22(33-27(37)39-29(4,5)6)17-32-25(35)24-16-20-8-7-19(15-23(20)34-24)18-9-11-21(30)12-10-18/h7-12,15-16,22,34H,13-14,17H2,1-6H3,(H,31,36)(H,32,35)(H,33,37)/t22-/m1/s1. The number of carbonyl (C=O) groups is 3. The van der Waals surface area contributed by atoms with Crippen molar-refractivity contribution in [3.63, 3.8) is 0 Å². The number of aromatic amines is 1. The Labute approximate surface area is 227 Å². The van der Waals surface area contributed by atoms with E-state index in [-0.39, 0.29) is 24.8 Å². The van der Waals surface area contributed by atoms with Crippen molar-refractivity contribution < 1.29 is 28.2 Å². The van der Waals surface area contributed by atoms with Crippen molar-refractivity contribution in [3.05, 3.63) is 60.0 Å². The molecule has 2 aromatic carbocycles. The van der Waals surface area contributed by atoms with E-state index in [0.717, 1.165) is 22.0 Å². The number of H-pyrrole nitrogens is 1. The summed E-state index contributed by atoms with van der Waals surface area (Å²) in [6.07, 6.45) is -0.870. The molecule has 0 unspecified atom stereocenters. The lowest BCUT2D eigenvalue weighted by atomic mass is 10.0. The fourth-order valence-electron chi connectivity index (χ4n) is 3.74. The number of nitrogens with one attached hydrogen (secondary N) is 4. The van der Waals surface area contributed by atoms with Gasteiger partial charge in [0.05, 0.1) is 6.04 Å². The Morgan fingerprint density at radius 1 is 0.846 bits per heavy atom. The minimum Gasteiger partial charge on any atom is -0.444 e. The molecule has 3 rings (SSSR count). The molecular weight excluding hydrogens is 503 g/mol. The molecule has 0 aliphatic heterocycles. The quantitative estimate of drug-likeness (QED) is 0.300. The van der Waals surface area contributed by atoms with Gasteiger partial charge in [0.2, 0.25) is 0 Å². The summed E-state index contributed by atoms with van der Waals surface area (Å²) in [6.45, 7) is 10.9. The number of benzene rings is 2. The van der Waals surface area contributed by atoms with Crippen LogP contribution < -0.4 is 16.0 Å². The molecule has 0 radical (unpaired) electrons. The average Bonchev–Trinajstić information content (AvgIpc) is 3.24. The SMILES string of the molecule is CC(C)(C)OC(=O)NCC[C@H](CNC(=O)c1cc2ccc(-c3ccc(F)cc3)cc2[nH]1)NC(=O)OC(C)(C)C. The third-order valence-electron chi connectivity index (χ3n) is 5.44. The van der Waals surface area contributed by atoms with Crippen LogP contribution in [0, 0.1) is 5.82 Å². The van der Waals surface area contributed by atoms with Crippen LogP contribution in [0.3, 0.4) is 0 Å². The van der Waals surface area contributed by atoms with Gasteiger partial charge in [0.1, 0.15) is 22.7 Å². The molecule has 0 aliphatic rings. The Balaban J connectivity index is 1.64. The monoisotopic (exact) mass is 540 g/mol. The lowest BCUT2D eigenvalue weighted by Crippen LogP contribution is -2.47. The minimum absolute atomic E-state index is 0.101. The third kappa shape index (κ3) is 9.63.